The van der Waals surface area contributed by atoms with Crippen LogP contribution < -0.4 is 5.73 Å². The minimum absolute atomic E-state index is 0. The van der Waals surface area contributed by atoms with E-state index < -0.39 is 6.04 Å². The van der Waals surface area contributed by atoms with Crippen LogP contribution in [-0.2, 0) is 11.3 Å². The molecule has 0 radical (unpaired) electrons. The van der Waals surface area contributed by atoms with Crippen LogP contribution in [0.1, 0.15) is 18.4 Å². The lowest BCUT2D eigenvalue weighted by atomic mass is 10.2. The van der Waals surface area contributed by atoms with Gasteiger partial charge in [0, 0.05) is 13.1 Å². The first-order chi connectivity index (χ1) is 8.40. The molecule has 1 heterocycles. The zero-order chi connectivity index (χ0) is 13.7. The van der Waals surface area contributed by atoms with E-state index in [9.17, 15) is 4.79 Å². The molecule has 19 heavy (non-hydrogen) atoms. The Balaban J connectivity index is 0.00000324. The number of hydrogen-bond acceptors (Lipinski definition) is 4. The molecule has 0 bridgehead atoms. The summed E-state index contributed by atoms with van der Waals surface area (Å²) in [5, 5.41) is 0. The SMILES string of the molecule is Cc1ccc(CN(CCN(C)C)C(=O)C(C)N)o1.Cl. The van der Waals surface area contributed by atoms with E-state index in [4.69, 9.17) is 10.2 Å². The van der Waals surface area contributed by atoms with Crippen LogP contribution in [0.3, 0.4) is 0 Å². The molecule has 0 spiro atoms. The molecule has 0 aliphatic carbocycles. The van der Waals surface area contributed by atoms with Crippen LogP contribution in [0.25, 0.3) is 0 Å². The summed E-state index contributed by atoms with van der Waals surface area (Å²) in [6, 6.07) is 3.31. The zero-order valence-corrected chi connectivity index (χ0v) is 12.9. The number of aryl methyl sites for hydroxylation is 1. The third-order valence-electron chi connectivity index (χ3n) is 2.66. The molecule has 0 aliphatic heterocycles. The fourth-order valence-electron chi connectivity index (χ4n) is 1.63. The highest BCUT2D eigenvalue weighted by Crippen LogP contribution is 2.10. The Morgan fingerprint density at radius 3 is 2.42 bits per heavy atom. The van der Waals surface area contributed by atoms with Crippen molar-refractivity contribution >= 4 is 18.3 Å². The molecular formula is C13H24ClN3O2. The van der Waals surface area contributed by atoms with Crippen LogP contribution in [0.4, 0.5) is 0 Å². The van der Waals surface area contributed by atoms with Crippen molar-refractivity contribution in [1.29, 1.82) is 0 Å². The number of rotatable bonds is 6. The smallest absolute Gasteiger partial charge is 0.239 e. The molecule has 0 aliphatic rings. The Kier molecular flexibility index (Phi) is 7.75. The number of hydrogen-bond donors (Lipinski definition) is 1. The van der Waals surface area contributed by atoms with E-state index in [1.807, 2.05) is 38.1 Å². The molecule has 1 atom stereocenters. The van der Waals surface area contributed by atoms with Gasteiger partial charge in [0.1, 0.15) is 11.5 Å². The van der Waals surface area contributed by atoms with Crippen molar-refractivity contribution in [3.8, 4) is 0 Å². The van der Waals surface area contributed by atoms with Crippen LogP contribution >= 0.6 is 12.4 Å². The normalized spacial score (nSPS) is 12.1. The quantitative estimate of drug-likeness (QED) is 0.856. The number of furan rings is 1. The Labute approximate surface area is 121 Å². The standard InChI is InChI=1S/C13H23N3O2.ClH/c1-10-5-6-12(18-10)9-16(8-7-15(3)4)13(17)11(2)14;/h5-6,11H,7-9,14H2,1-4H3;1H. The second-order valence-electron chi connectivity index (χ2n) is 4.86. The summed E-state index contributed by atoms with van der Waals surface area (Å²) in [6.07, 6.45) is 0. The van der Waals surface area contributed by atoms with Crippen molar-refractivity contribution in [2.75, 3.05) is 27.2 Å². The van der Waals surface area contributed by atoms with Gasteiger partial charge < -0.3 is 20.0 Å². The molecule has 0 saturated carbocycles. The maximum Gasteiger partial charge on any atom is 0.239 e. The average molecular weight is 290 g/mol. The maximum atomic E-state index is 12.0. The van der Waals surface area contributed by atoms with Gasteiger partial charge >= 0.3 is 0 Å². The number of nitrogens with two attached hydrogens (primary N) is 1. The van der Waals surface area contributed by atoms with E-state index in [2.05, 4.69) is 0 Å². The van der Waals surface area contributed by atoms with Crippen LogP contribution in [0, 0.1) is 6.92 Å². The first-order valence-electron chi connectivity index (χ1n) is 6.14. The van der Waals surface area contributed by atoms with Crippen LogP contribution in [0.2, 0.25) is 0 Å². The summed E-state index contributed by atoms with van der Waals surface area (Å²) in [5.74, 6) is 1.59. The molecule has 1 unspecified atom stereocenters. The van der Waals surface area contributed by atoms with Gasteiger partial charge in [-0.1, -0.05) is 0 Å². The highest BCUT2D eigenvalue weighted by atomic mass is 35.5. The van der Waals surface area contributed by atoms with E-state index in [1.54, 1.807) is 11.8 Å². The van der Waals surface area contributed by atoms with Crippen molar-refractivity contribution in [3.63, 3.8) is 0 Å². The second-order valence-corrected chi connectivity index (χ2v) is 4.86. The van der Waals surface area contributed by atoms with E-state index in [1.165, 1.54) is 0 Å². The summed E-state index contributed by atoms with van der Waals surface area (Å²) in [6.45, 7) is 5.52. The van der Waals surface area contributed by atoms with Gasteiger partial charge in [0.15, 0.2) is 0 Å². The fourth-order valence-corrected chi connectivity index (χ4v) is 1.63. The number of nitrogens with zero attached hydrogens (tertiary/aromatic N) is 2. The maximum absolute atomic E-state index is 12.0. The lowest BCUT2D eigenvalue weighted by molar-refractivity contribution is -0.133. The molecule has 5 nitrogen and oxygen atoms in total. The first kappa shape index (κ1) is 18.0. The molecule has 110 valence electrons. The second kappa shape index (κ2) is 8.19. The van der Waals surface area contributed by atoms with E-state index in [0.29, 0.717) is 13.1 Å². The zero-order valence-electron chi connectivity index (χ0n) is 12.0. The highest BCUT2D eigenvalue weighted by molar-refractivity contribution is 5.85. The van der Waals surface area contributed by atoms with Gasteiger partial charge in [0.2, 0.25) is 5.91 Å². The third kappa shape index (κ3) is 6.09. The molecule has 0 aromatic carbocycles. The molecule has 0 saturated heterocycles. The monoisotopic (exact) mass is 289 g/mol. The number of carbonyl (C=O) groups is 1. The topological polar surface area (TPSA) is 62.7 Å². The predicted molar refractivity (Wildman–Crippen MR) is 78.3 cm³/mol. The summed E-state index contributed by atoms with van der Waals surface area (Å²) in [4.78, 5) is 15.8. The van der Waals surface area contributed by atoms with Gasteiger partial charge in [-0.3, -0.25) is 4.79 Å². The number of carbonyl (C=O) groups excluding carboxylic acids is 1. The minimum atomic E-state index is -0.483. The lowest BCUT2D eigenvalue weighted by Gasteiger charge is -2.25. The largest absolute Gasteiger partial charge is 0.464 e. The van der Waals surface area contributed by atoms with Gasteiger partial charge in [0.25, 0.3) is 0 Å². The number of likely N-dealkylation sites (N-methyl/N-ethyl adjacent to an activating group) is 1. The van der Waals surface area contributed by atoms with Crippen LogP contribution in [-0.4, -0.2) is 48.9 Å². The van der Waals surface area contributed by atoms with Gasteiger partial charge in [-0.15, -0.1) is 12.4 Å². The van der Waals surface area contributed by atoms with Crippen LogP contribution in [0.5, 0.6) is 0 Å². The molecule has 1 rings (SSSR count). The Bertz CT molecular complexity index is 391. The Morgan fingerprint density at radius 2 is 2.00 bits per heavy atom. The summed E-state index contributed by atoms with van der Waals surface area (Å²) >= 11 is 0. The van der Waals surface area contributed by atoms with E-state index in [0.717, 1.165) is 18.1 Å². The summed E-state index contributed by atoms with van der Waals surface area (Å²) in [7, 11) is 3.96. The Morgan fingerprint density at radius 1 is 1.37 bits per heavy atom. The molecule has 1 amide bonds. The number of halogens is 1. The van der Waals surface area contributed by atoms with Crippen molar-refractivity contribution in [1.82, 2.24) is 9.80 Å². The van der Waals surface area contributed by atoms with Gasteiger partial charge in [0.05, 0.1) is 12.6 Å². The lowest BCUT2D eigenvalue weighted by Crippen LogP contribution is -2.44. The van der Waals surface area contributed by atoms with Crippen molar-refractivity contribution in [3.05, 3.63) is 23.7 Å². The van der Waals surface area contributed by atoms with Crippen LogP contribution in [0.15, 0.2) is 16.5 Å². The average Bonchev–Trinajstić information content (AvgIpc) is 2.68. The molecule has 0 fully saturated rings. The predicted octanol–water partition coefficient (Wildman–Crippen LogP) is 1.25. The van der Waals surface area contributed by atoms with Crippen molar-refractivity contribution in [2.24, 2.45) is 5.73 Å². The minimum Gasteiger partial charge on any atom is -0.464 e. The molecule has 1 aromatic heterocycles. The third-order valence-corrected chi connectivity index (χ3v) is 2.66. The van der Waals surface area contributed by atoms with E-state index in [-0.39, 0.29) is 18.3 Å². The first-order valence-corrected chi connectivity index (χ1v) is 6.14. The summed E-state index contributed by atoms with van der Waals surface area (Å²) < 4.78 is 5.50. The summed E-state index contributed by atoms with van der Waals surface area (Å²) in [5.41, 5.74) is 5.67. The van der Waals surface area contributed by atoms with Crippen molar-refractivity contribution < 1.29 is 9.21 Å². The van der Waals surface area contributed by atoms with Gasteiger partial charge in [-0.2, -0.15) is 0 Å². The molecular weight excluding hydrogens is 266 g/mol. The Hall–Kier alpha value is -1.04. The molecule has 1 aromatic rings. The highest BCUT2D eigenvalue weighted by Gasteiger charge is 2.18. The molecule has 6 heteroatoms. The molecule has 2 N–H and O–H groups in total. The fraction of sp³-hybridized carbons (Fsp3) is 0.615. The van der Waals surface area contributed by atoms with Gasteiger partial charge in [-0.05, 0) is 40.1 Å². The van der Waals surface area contributed by atoms with Crippen molar-refractivity contribution in [2.45, 2.75) is 26.4 Å². The van der Waals surface area contributed by atoms with Gasteiger partial charge in [-0.25, -0.2) is 0 Å². The van der Waals surface area contributed by atoms with E-state index >= 15 is 0 Å². The number of amides is 1.